The van der Waals surface area contributed by atoms with Crippen molar-refractivity contribution in [3.63, 3.8) is 0 Å². The van der Waals surface area contributed by atoms with Crippen molar-refractivity contribution in [1.82, 2.24) is 5.43 Å². The van der Waals surface area contributed by atoms with E-state index in [0.717, 1.165) is 23.5 Å². The molecule has 0 amide bonds. The molecule has 0 bridgehead atoms. The van der Waals surface area contributed by atoms with Gasteiger partial charge in [0.15, 0.2) is 5.84 Å². The van der Waals surface area contributed by atoms with Gasteiger partial charge in [0.25, 0.3) is 0 Å². The Hall–Kier alpha value is -1.38. The van der Waals surface area contributed by atoms with Gasteiger partial charge in [-0.25, -0.2) is 4.99 Å². The summed E-state index contributed by atoms with van der Waals surface area (Å²) in [6.45, 7) is 10.0. The first-order chi connectivity index (χ1) is 6.15. The Bertz CT molecular complexity index is 304. The fraction of sp³-hybridized carbons (Fsp3) is 0.400. The van der Waals surface area contributed by atoms with Crippen LogP contribution in [0.2, 0.25) is 0 Å². The van der Waals surface area contributed by atoms with Gasteiger partial charge in [-0.05, 0) is 20.3 Å². The third-order valence-electron chi connectivity index (χ3n) is 1.85. The molecule has 0 fully saturated rings. The molecule has 1 aliphatic heterocycles. The Labute approximate surface area is 78.9 Å². The maximum atomic E-state index is 4.44. The SMILES string of the molecule is C=C1C=NNC1=NC(CC)=C(C)C. The molecule has 13 heavy (non-hydrogen) atoms. The number of hydrogen-bond donors (Lipinski definition) is 1. The molecule has 3 heteroatoms. The van der Waals surface area contributed by atoms with Crippen LogP contribution in [0.1, 0.15) is 27.2 Å². The van der Waals surface area contributed by atoms with Crippen molar-refractivity contribution in [2.45, 2.75) is 27.2 Å². The number of hydrazone groups is 1. The highest BCUT2D eigenvalue weighted by Gasteiger charge is 2.08. The molecule has 3 nitrogen and oxygen atoms in total. The van der Waals surface area contributed by atoms with E-state index in [1.165, 1.54) is 5.57 Å². The topological polar surface area (TPSA) is 36.8 Å². The van der Waals surface area contributed by atoms with Gasteiger partial charge in [0.05, 0.1) is 6.21 Å². The summed E-state index contributed by atoms with van der Waals surface area (Å²) in [6.07, 6.45) is 2.61. The highest BCUT2D eigenvalue weighted by Crippen LogP contribution is 2.11. The zero-order valence-electron chi connectivity index (χ0n) is 8.39. The molecule has 0 aromatic rings. The van der Waals surface area contributed by atoms with E-state index in [2.05, 4.69) is 42.9 Å². The summed E-state index contributed by atoms with van der Waals surface area (Å²) < 4.78 is 0. The fourth-order valence-electron chi connectivity index (χ4n) is 1.08. The Morgan fingerprint density at radius 2 is 2.31 bits per heavy atom. The molecule has 0 atom stereocenters. The lowest BCUT2D eigenvalue weighted by atomic mass is 10.2. The third kappa shape index (κ3) is 2.28. The van der Waals surface area contributed by atoms with Gasteiger partial charge >= 0.3 is 0 Å². The fourth-order valence-corrected chi connectivity index (χ4v) is 1.08. The first kappa shape index (κ1) is 9.71. The zero-order chi connectivity index (χ0) is 9.84. The molecule has 0 saturated heterocycles. The van der Waals surface area contributed by atoms with E-state index in [1.807, 2.05) is 0 Å². The Morgan fingerprint density at radius 3 is 2.69 bits per heavy atom. The van der Waals surface area contributed by atoms with Gasteiger partial charge in [-0.1, -0.05) is 19.1 Å². The second-order valence-electron chi connectivity index (χ2n) is 3.16. The van der Waals surface area contributed by atoms with E-state index in [0.29, 0.717) is 0 Å². The van der Waals surface area contributed by atoms with Crippen molar-refractivity contribution < 1.29 is 0 Å². The summed E-state index contributed by atoms with van der Waals surface area (Å²) in [5.41, 5.74) is 5.98. The van der Waals surface area contributed by atoms with Crippen LogP contribution in [0.5, 0.6) is 0 Å². The summed E-state index contributed by atoms with van der Waals surface area (Å²) in [6, 6.07) is 0. The van der Waals surface area contributed by atoms with Crippen molar-refractivity contribution in [2.75, 3.05) is 0 Å². The van der Waals surface area contributed by atoms with Crippen LogP contribution in [-0.2, 0) is 0 Å². The maximum absolute atomic E-state index is 4.44. The molecule has 0 aliphatic carbocycles. The van der Waals surface area contributed by atoms with Gasteiger partial charge in [0.2, 0.25) is 0 Å². The van der Waals surface area contributed by atoms with E-state index in [-0.39, 0.29) is 0 Å². The average Bonchev–Trinajstić information content (AvgIpc) is 2.46. The second kappa shape index (κ2) is 4.03. The molecule has 1 N–H and O–H groups in total. The molecule has 1 heterocycles. The Morgan fingerprint density at radius 1 is 1.62 bits per heavy atom. The lowest BCUT2D eigenvalue weighted by Crippen LogP contribution is -2.12. The van der Waals surface area contributed by atoms with Gasteiger partial charge in [-0.2, -0.15) is 5.10 Å². The van der Waals surface area contributed by atoms with Crippen molar-refractivity contribution in [3.8, 4) is 0 Å². The van der Waals surface area contributed by atoms with Gasteiger partial charge < -0.3 is 0 Å². The lowest BCUT2D eigenvalue weighted by Gasteiger charge is -2.03. The largest absolute Gasteiger partial charge is 0.261 e. The normalized spacial score (nSPS) is 17.8. The van der Waals surface area contributed by atoms with Gasteiger partial charge in [-0.15, -0.1) is 0 Å². The van der Waals surface area contributed by atoms with Crippen LogP contribution in [0.15, 0.2) is 33.5 Å². The van der Waals surface area contributed by atoms with E-state index in [9.17, 15) is 0 Å². The van der Waals surface area contributed by atoms with Crippen LogP contribution in [0, 0.1) is 0 Å². The van der Waals surface area contributed by atoms with Crippen LogP contribution in [-0.4, -0.2) is 12.1 Å². The summed E-state index contributed by atoms with van der Waals surface area (Å²) in [7, 11) is 0. The molecule has 0 spiro atoms. The number of rotatable bonds is 2. The number of aliphatic imine (C=N–C) groups is 1. The highest BCUT2D eigenvalue weighted by atomic mass is 15.3. The average molecular weight is 177 g/mol. The number of nitrogens with one attached hydrogen (secondary N) is 1. The Balaban J connectivity index is 2.87. The summed E-state index contributed by atoms with van der Waals surface area (Å²) in [5.74, 6) is 0.762. The quantitative estimate of drug-likeness (QED) is 0.690. The van der Waals surface area contributed by atoms with Gasteiger partial charge in [0, 0.05) is 11.3 Å². The van der Waals surface area contributed by atoms with Crippen LogP contribution in [0.3, 0.4) is 0 Å². The summed E-state index contributed by atoms with van der Waals surface area (Å²) in [4.78, 5) is 4.44. The van der Waals surface area contributed by atoms with E-state index in [4.69, 9.17) is 0 Å². The van der Waals surface area contributed by atoms with Crippen LogP contribution >= 0.6 is 0 Å². The molecule has 70 valence electrons. The first-order valence-corrected chi connectivity index (χ1v) is 4.38. The summed E-state index contributed by atoms with van der Waals surface area (Å²) >= 11 is 0. The highest BCUT2D eigenvalue weighted by molar-refractivity contribution is 6.17. The van der Waals surface area contributed by atoms with Crippen LogP contribution in [0.25, 0.3) is 0 Å². The molecule has 0 saturated carbocycles. The number of hydrogen-bond acceptors (Lipinski definition) is 2. The molecular weight excluding hydrogens is 162 g/mol. The number of amidine groups is 1. The molecule has 1 rings (SSSR count). The second-order valence-corrected chi connectivity index (χ2v) is 3.16. The Kier molecular flexibility index (Phi) is 3.01. The molecule has 0 aromatic carbocycles. The minimum atomic E-state index is 0.762. The molecule has 1 aliphatic rings. The smallest absolute Gasteiger partial charge is 0.154 e. The van der Waals surface area contributed by atoms with Crippen LogP contribution in [0.4, 0.5) is 0 Å². The molecule has 0 aromatic heterocycles. The standard InChI is InChI=1S/C10H15N3/c1-5-9(7(2)3)12-10-8(4)6-11-13-10/h6H,4-5H2,1-3H3,(H,12,13). The van der Waals surface area contributed by atoms with Crippen LogP contribution < -0.4 is 5.43 Å². The predicted octanol–water partition coefficient (Wildman–Crippen LogP) is 2.23. The molecular formula is C10H15N3. The van der Waals surface area contributed by atoms with E-state index in [1.54, 1.807) is 6.21 Å². The van der Waals surface area contributed by atoms with Gasteiger partial charge in [0.1, 0.15) is 0 Å². The molecule has 0 radical (unpaired) electrons. The zero-order valence-corrected chi connectivity index (χ0v) is 8.39. The third-order valence-corrected chi connectivity index (χ3v) is 1.85. The monoisotopic (exact) mass is 177 g/mol. The molecule has 0 unspecified atom stereocenters. The number of allylic oxidation sites excluding steroid dienone is 2. The number of nitrogens with zero attached hydrogens (tertiary/aromatic N) is 2. The summed E-state index contributed by atoms with van der Waals surface area (Å²) in [5, 5.41) is 3.86. The lowest BCUT2D eigenvalue weighted by molar-refractivity contribution is 0.993. The van der Waals surface area contributed by atoms with E-state index >= 15 is 0 Å². The maximum Gasteiger partial charge on any atom is 0.154 e. The van der Waals surface area contributed by atoms with Crippen molar-refractivity contribution in [2.24, 2.45) is 10.1 Å². The van der Waals surface area contributed by atoms with Crippen molar-refractivity contribution in [1.29, 1.82) is 0 Å². The predicted molar refractivity (Wildman–Crippen MR) is 56.9 cm³/mol. The minimum Gasteiger partial charge on any atom is -0.261 e. The van der Waals surface area contributed by atoms with E-state index < -0.39 is 0 Å². The first-order valence-electron chi connectivity index (χ1n) is 4.38. The van der Waals surface area contributed by atoms with Crippen molar-refractivity contribution >= 4 is 12.1 Å². The van der Waals surface area contributed by atoms with Crippen molar-refractivity contribution in [3.05, 3.63) is 23.4 Å². The van der Waals surface area contributed by atoms with Gasteiger partial charge in [-0.3, -0.25) is 5.43 Å². The minimum absolute atomic E-state index is 0.762.